The van der Waals surface area contributed by atoms with Gasteiger partial charge in [0.2, 0.25) is 0 Å². The van der Waals surface area contributed by atoms with Crippen molar-refractivity contribution < 1.29 is 18.9 Å². The standard InChI is InChI=1S/C18H15N5O5/c1-11-7-13(3-5-15(11)23(25)26)27-10-14-4-6-16(28-14)18(24)21-17-12(8-19)9-20-22(17)2/h3-7,9H,10H2,1-2H3,(H,21,24). The first-order valence-electron chi connectivity index (χ1n) is 8.09. The summed E-state index contributed by atoms with van der Waals surface area (Å²) in [5, 5.41) is 26.4. The minimum absolute atomic E-state index is 0.0104. The second kappa shape index (κ2) is 7.63. The molecule has 10 heteroatoms. The number of aryl methyl sites for hydroxylation is 2. The van der Waals surface area contributed by atoms with E-state index < -0.39 is 10.8 Å². The van der Waals surface area contributed by atoms with Crippen LogP contribution in [0, 0.1) is 28.4 Å². The van der Waals surface area contributed by atoms with E-state index in [1.807, 2.05) is 6.07 Å². The summed E-state index contributed by atoms with van der Waals surface area (Å²) in [6.07, 6.45) is 1.35. The van der Waals surface area contributed by atoms with Crippen LogP contribution in [0.3, 0.4) is 0 Å². The maximum Gasteiger partial charge on any atom is 0.292 e. The molecule has 0 fully saturated rings. The molecule has 0 bridgehead atoms. The molecule has 0 saturated heterocycles. The van der Waals surface area contributed by atoms with Crippen molar-refractivity contribution in [3.8, 4) is 11.8 Å². The number of carbonyl (C=O) groups is 1. The van der Waals surface area contributed by atoms with E-state index in [9.17, 15) is 14.9 Å². The lowest BCUT2D eigenvalue weighted by Crippen LogP contribution is -2.14. The molecule has 10 nitrogen and oxygen atoms in total. The summed E-state index contributed by atoms with van der Waals surface area (Å²) in [5.41, 5.74) is 0.724. The average molecular weight is 381 g/mol. The van der Waals surface area contributed by atoms with Crippen LogP contribution in [-0.4, -0.2) is 20.6 Å². The molecule has 1 N–H and O–H groups in total. The highest BCUT2D eigenvalue weighted by Crippen LogP contribution is 2.24. The molecule has 3 aromatic rings. The molecule has 0 aliphatic carbocycles. The third-order valence-corrected chi connectivity index (χ3v) is 3.92. The van der Waals surface area contributed by atoms with Gasteiger partial charge in [-0.1, -0.05) is 0 Å². The Morgan fingerprint density at radius 3 is 2.89 bits per heavy atom. The van der Waals surface area contributed by atoms with E-state index in [1.54, 1.807) is 26.1 Å². The Hall–Kier alpha value is -4.13. The molecule has 2 aromatic heterocycles. The fourth-order valence-electron chi connectivity index (χ4n) is 2.49. The summed E-state index contributed by atoms with van der Waals surface area (Å²) in [7, 11) is 1.60. The lowest BCUT2D eigenvalue weighted by Gasteiger charge is -2.06. The van der Waals surface area contributed by atoms with Crippen LogP contribution in [-0.2, 0) is 13.7 Å². The number of nitrogens with one attached hydrogen (secondary N) is 1. The number of benzene rings is 1. The van der Waals surface area contributed by atoms with Crippen LogP contribution < -0.4 is 10.1 Å². The number of rotatable bonds is 6. The van der Waals surface area contributed by atoms with Crippen LogP contribution in [0.15, 0.2) is 40.9 Å². The van der Waals surface area contributed by atoms with Crippen LogP contribution in [0.1, 0.15) is 27.4 Å². The normalized spacial score (nSPS) is 10.3. The second-order valence-corrected chi connectivity index (χ2v) is 5.86. The maximum atomic E-state index is 12.3. The van der Waals surface area contributed by atoms with Gasteiger partial charge in [0.25, 0.3) is 11.6 Å². The van der Waals surface area contributed by atoms with Crippen LogP contribution in [0.25, 0.3) is 0 Å². The van der Waals surface area contributed by atoms with E-state index in [0.717, 1.165) is 0 Å². The van der Waals surface area contributed by atoms with Gasteiger partial charge < -0.3 is 14.5 Å². The van der Waals surface area contributed by atoms with Gasteiger partial charge in [-0.2, -0.15) is 10.4 Å². The van der Waals surface area contributed by atoms with Crippen LogP contribution in [0.2, 0.25) is 0 Å². The van der Waals surface area contributed by atoms with Gasteiger partial charge in [0.15, 0.2) is 5.76 Å². The minimum Gasteiger partial charge on any atom is -0.486 e. The minimum atomic E-state index is -0.530. The number of nitro benzene ring substituents is 1. The van der Waals surface area contributed by atoms with Gasteiger partial charge >= 0.3 is 0 Å². The molecule has 0 unspecified atom stereocenters. The molecule has 0 atom stereocenters. The van der Waals surface area contributed by atoms with Crippen LogP contribution in [0.4, 0.5) is 11.5 Å². The Balaban J connectivity index is 1.65. The number of amides is 1. The fourth-order valence-corrected chi connectivity index (χ4v) is 2.49. The molecule has 2 heterocycles. The number of aromatic nitrogens is 2. The Morgan fingerprint density at radius 2 is 2.21 bits per heavy atom. The number of nitriles is 1. The van der Waals surface area contributed by atoms with Crippen molar-refractivity contribution in [3.05, 3.63) is 69.3 Å². The van der Waals surface area contributed by atoms with Gasteiger partial charge in [-0.25, -0.2) is 0 Å². The number of anilines is 1. The van der Waals surface area contributed by atoms with E-state index in [1.165, 1.54) is 29.1 Å². The summed E-state index contributed by atoms with van der Waals surface area (Å²) in [5.74, 6) is 0.620. The quantitative estimate of drug-likeness (QED) is 0.512. The van der Waals surface area contributed by atoms with Crippen molar-refractivity contribution in [1.82, 2.24) is 9.78 Å². The predicted molar refractivity (Wildman–Crippen MR) is 96.7 cm³/mol. The third-order valence-electron chi connectivity index (χ3n) is 3.92. The van der Waals surface area contributed by atoms with Crippen molar-refractivity contribution in [2.45, 2.75) is 13.5 Å². The molecule has 1 amide bonds. The fraction of sp³-hybridized carbons (Fsp3) is 0.167. The van der Waals surface area contributed by atoms with Crippen molar-refractivity contribution in [2.75, 3.05) is 5.32 Å². The smallest absolute Gasteiger partial charge is 0.292 e. The van der Waals surface area contributed by atoms with Crippen LogP contribution in [0.5, 0.6) is 5.75 Å². The summed E-state index contributed by atoms with van der Waals surface area (Å²) in [6, 6.07) is 9.43. The van der Waals surface area contributed by atoms with E-state index >= 15 is 0 Å². The number of hydrogen-bond acceptors (Lipinski definition) is 7. The first-order valence-corrected chi connectivity index (χ1v) is 8.09. The number of carbonyl (C=O) groups excluding carboxylic acids is 1. The monoisotopic (exact) mass is 381 g/mol. The predicted octanol–water partition coefficient (Wildman–Crippen LogP) is 2.93. The summed E-state index contributed by atoms with van der Waals surface area (Å²) < 4.78 is 12.4. The van der Waals surface area contributed by atoms with Gasteiger partial charge in [-0.05, 0) is 31.2 Å². The van der Waals surface area contributed by atoms with E-state index in [4.69, 9.17) is 14.4 Å². The summed E-state index contributed by atoms with van der Waals surface area (Å²) in [6.45, 7) is 1.66. The molecule has 0 aliphatic rings. The molecule has 3 rings (SSSR count). The van der Waals surface area contributed by atoms with Crippen molar-refractivity contribution in [1.29, 1.82) is 5.26 Å². The number of hydrogen-bond donors (Lipinski definition) is 1. The molecule has 28 heavy (non-hydrogen) atoms. The number of nitro groups is 1. The maximum absolute atomic E-state index is 12.3. The van der Waals surface area contributed by atoms with Crippen molar-refractivity contribution in [2.24, 2.45) is 7.05 Å². The zero-order valence-corrected chi connectivity index (χ0v) is 15.0. The molecule has 0 spiro atoms. The number of nitrogens with zero attached hydrogens (tertiary/aromatic N) is 4. The van der Waals surface area contributed by atoms with E-state index in [2.05, 4.69) is 10.4 Å². The van der Waals surface area contributed by atoms with Gasteiger partial charge in [-0.3, -0.25) is 19.6 Å². The molecular formula is C18H15N5O5. The summed E-state index contributed by atoms with van der Waals surface area (Å²) in [4.78, 5) is 22.7. The first-order chi connectivity index (χ1) is 13.4. The number of furan rings is 1. The van der Waals surface area contributed by atoms with Crippen molar-refractivity contribution >= 4 is 17.4 Å². The Bertz CT molecular complexity index is 1090. The zero-order valence-electron chi connectivity index (χ0n) is 15.0. The largest absolute Gasteiger partial charge is 0.486 e. The van der Waals surface area contributed by atoms with Crippen LogP contribution >= 0.6 is 0 Å². The topological polar surface area (TPSA) is 136 Å². The molecular weight excluding hydrogens is 366 g/mol. The Kier molecular flexibility index (Phi) is 5.08. The van der Waals surface area contributed by atoms with E-state index in [-0.39, 0.29) is 29.4 Å². The number of ether oxygens (including phenoxy) is 1. The molecule has 0 saturated carbocycles. The van der Waals surface area contributed by atoms with Crippen molar-refractivity contribution in [3.63, 3.8) is 0 Å². The highest BCUT2D eigenvalue weighted by atomic mass is 16.6. The molecule has 142 valence electrons. The Labute approximate surface area is 159 Å². The second-order valence-electron chi connectivity index (χ2n) is 5.86. The molecule has 0 radical (unpaired) electrons. The highest BCUT2D eigenvalue weighted by Gasteiger charge is 2.17. The molecule has 1 aromatic carbocycles. The lowest BCUT2D eigenvalue weighted by molar-refractivity contribution is -0.385. The van der Waals surface area contributed by atoms with Gasteiger partial charge in [0, 0.05) is 18.7 Å². The zero-order chi connectivity index (χ0) is 20.3. The lowest BCUT2D eigenvalue weighted by atomic mass is 10.2. The first kappa shape index (κ1) is 18.7. The van der Waals surface area contributed by atoms with Gasteiger partial charge in [0.05, 0.1) is 11.1 Å². The molecule has 0 aliphatic heterocycles. The highest BCUT2D eigenvalue weighted by molar-refractivity contribution is 6.02. The summed E-state index contributed by atoms with van der Waals surface area (Å²) >= 11 is 0. The Morgan fingerprint density at radius 1 is 1.43 bits per heavy atom. The van der Waals surface area contributed by atoms with Gasteiger partial charge in [0.1, 0.15) is 35.6 Å². The van der Waals surface area contributed by atoms with Gasteiger partial charge in [-0.15, -0.1) is 0 Å². The van der Waals surface area contributed by atoms with E-state index in [0.29, 0.717) is 17.1 Å². The average Bonchev–Trinajstić information content (AvgIpc) is 3.27. The third kappa shape index (κ3) is 3.83. The SMILES string of the molecule is Cc1cc(OCc2ccc(C(=O)Nc3c(C#N)cnn3C)o2)ccc1[N+](=O)[O-].